The Bertz CT molecular complexity index is 340. The van der Waals surface area contributed by atoms with Gasteiger partial charge in [0.25, 0.3) is 0 Å². The highest BCUT2D eigenvalue weighted by atomic mass is 32.2. The zero-order valence-corrected chi connectivity index (χ0v) is 8.10. The summed E-state index contributed by atoms with van der Waals surface area (Å²) in [6.07, 6.45) is 4.33. The van der Waals surface area contributed by atoms with Crippen LogP contribution in [0.1, 0.15) is 13.3 Å². The van der Waals surface area contributed by atoms with Crippen LogP contribution in [-0.4, -0.2) is 16.1 Å². The van der Waals surface area contributed by atoms with Gasteiger partial charge in [0.05, 0.1) is 10.9 Å². The van der Waals surface area contributed by atoms with Crippen molar-refractivity contribution in [2.45, 2.75) is 23.5 Å². The van der Waals surface area contributed by atoms with E-state index in [1.807, 2.05) is 13.0 Å². The molecule has 1 aromatic heterocycles. The van der Waals surface area contributed by atoms with Crippen molar-refractivity contribution in [2.24, 2.45) is 0 Å². The van der Waals surface area contributed by atoms with Crippen molar-refractivity contribution in [1.29, 1.82) is 0 Å². The number of carbonyl (C=O) groups is 1. The molecule has 1 N–H and O–H groups in total. The van der Waals surface area contributed by atoms with Crippen molar-refractivity contribution in [2.75, 3.05) is 5.32 Å². The maximum Gasteiger partial charge on any atom is 0.237 e. The Morgan fingerprint density at radius 1 is 1.69 bits per heavy atom. The molecule has 2 heterocycles. The van der Waals surface area contributed by atoms with Crippen LogP contribution in [-0.2, 0) is 4.79 Å². The zero-order chi connectivity index (χ0) is 9.26. The molecule has 1 aliphatic heterocycles. The number of carbonyl (C=O) groups excluding carboxylic acids is 1. The Hall–Kier alpha value is -1.03. The molecular formula is C9H10N2OS. The molecule has 0 radical (unpaired) electrons. The maximum atomic E-state index is 11.4. The summed E-state index contributed by atoms with van der Waals surface area (Å²) in [5.41, 5.74) is 0.884. The number of thioether (sulfide) groups is 1. The first-order chi connectivity index (χ1) is 6.31. The van der Waals surface area contributed by atoms with E-state index in [1.165, 1.54) is 0 Å². The van der Waals surface area contributed by atoms with Crippen molar-refractivity contribution in [3.8, 4) is 0 Å². The average molecular weight is 194 g/mol. The van der Waals surface area contributed by atoms with Gasteiger partial charge in [0, 0.05) is 17.3 Å². The highest BCUT2D eigenvalue weighted by molar-refractivity contribution is 8.01. The van der Waals surface area contributed by atoms with E-state index < -0.39 is 0 Å². The van der Waals surface area contributed by atoms with Gasteiger partial charge in [-0.25, -0.2) is 0 Å². The molecule has 1 aromatic rings. The SMILES string of the molecule is CCC1Sc2cnccc2NC1=O. The lowest BCUT2D eigenvalue weighted by Gasteiger charge is -2.22. The molecule has 68 valence electrons. The monoisotopic (exact) mass is 194 g/mol. The summed E-state index contributed by atoms with van der Waals surface area (Å²) in [6.45, 7) is 2.01. The standard InChI is InChI=1S/C9H10N2OS/c1-2-7-9(12)11-6-3-4-10-5-8(6)13-7/h3-5,7H,2H2,1H3,(H,11,12). The van der Waals surface area contributed by atoms with Crippen molar-refractivity contribution in [3.63, 3.8) is 0 Å². The molecule has 0 spiro atoms. The summed E-state index contributed by atoms with van der Waals surface area (Å²) in [5, 5.41) is 2.90. The van der Waals surface area contributed by atoms with Crippen molar-refractivity contribution >= 4 is 23.4 Å². The van der Waals surface area contributed by atoms with Crippen LogP contribution in [0.5, 0.6) is 0 Å². The molecule has 3 nitrogen and oxygen atoms in total. The third-order valence-corrected chi connectivity index (χ3v) is 3.39. The van der Waals surface area contributed by atoms with Gasteiger partial charge in [-0.1, -0.05) is 6.92 Å². The fraction of sp³-hybridized carbons (Fsp3) is 0.333. The van der Waals surface area contributed by atoms with Gasteiger partial charge >= 0.3 is 0 Å². The molecule has 2 rings (SSSR count). The fourth-order valence-corrected chi connectivity index (χ4v) is 2.27. The quantitative estimate of drug-likeness (QED) is 0.742. The van der Waals surface area contributed by atoms with E-state index in [-0.39, 0.29) is 11.2 Å². The van der Waals surface area contributed by atoms with Crippen LogP contribution in [0, 0.1) is 0 Å². The molecule has 0 fully saturated rings. The Morgan fingerprint density at radius 3 is 3.31 bits per heavy atom. The minimum Gasteiger partial charge on any atom is -0.324 e. The fourth-order valence-electron chi connectivity index (χ4n) is 1.27. The van der Waals surface area contributed by atoms with Gasteiger partial charge in [-0.3, -0.25) is 9.78 Å². The van der Waals surface area contributed by atoms with Gasteiger partial charge in [-0.2, -0.15) is 0 Å². The lowest BCUT2D eigenvalue weighted by molar-refractivity contribution is -0.115. The predicted octanol–water partition coefficient (Wildman–Crippen LogP) is 1.90. The third-order valence-electron chi connectivity index (χ3n) is 1.97. The number of aromatic nitrogens is 1. The van der Waals surface area contributed by atoms with E-state index in [0.29, 0.717) is 0 Å². The third kappa shape index (κ3) is 1.54. The van der Waals surface area contributed by atoms with E-state index >= 15 is 0 Å². The van der Waals surface area contributed by atoms with Crippen LogP contribution in [0.25, 0.3) is 0 Å². The molecule has 13 heavy (non-hydrogen) atoms. The predicted molar refractivity (Wildman–Crippen MR) is 52.8 cm³/mol. The van der Waals surface area contributed by atoms with Gasteiger partial charge in [-0.05, 0) is 12.5 Å². The molecule has 0 saturated heterocycles. The second-order valence-corrected chi connectivity index (χ2v) is 4.12. The number of hydrogen-bond donors (Lipinski definition) is 1. The first-order valence-electron chi connectivity index (χ1n) is 4.23. The van der Waals surface area contributed by atoms with Crippen LogP contribution in [0.4, 0.5) is 5.69 Å². The lowest BCUT2D eigenvalue weighted by Crippen LogP contribution is -2.28. The van der Waals surface area contributed by atoms with Gasteiger partial charge in [-0.15, -0.1) is 11.8 Å². The number of anilines is 1. The number of hydrogen-bond acceptors (Lipinski definition) is 3. The highest BCUT2D eigenvalue weighted by Gasteiger charge is 2.24. The minimum atomic E-state index is 0.0386. The Kier molecular flexibility index (Phi) is 2.22. The lowest BCUT2D eigenvalue weighted by atomic mass is 10.3. The van der Waals surface area contributed by atoms with E-state index in [1.54, 1.807) is 24.2 Å². The molecule has 0 saturated carbocycles. The molecule has 1 aliphatic rings. The Balaban J connectivity index is 2.33. The summed E-state index contributed by atoms with van der Waals surface area (Å²) in [5.74, 6) is 0.103. The van der Waals surface area contributed by atoms with E-state index in [0.717, 1.165) is 17.0 Å². The molecule has 1 unspecified atom stereocenters. The largest absolute Gasteiger partial charge is 0.324 e. The number of pyridine rings is 1. The summed E-state index contributed by atoms with van der Waals surface area (Å²) >= 11 is 1.59. The molecular weight excluding hydrogens is 184 g/mol. The van der Waals surface area contributed by atoms with Gasteiger partial charge in [0.2, 0.25) is 5.91 Å². The summed E-state index contributed by atoms with van der Waals surface area (Å²) in [4.78, 5) is 16.5. The first kappa shape index (κ1) is 8.56. The number of amides is 1. The van der Waals surface area contributed by atoms with E-state index in [2.05, 4.69) is 10.3 Å². The van der Waals surface area contributed by atoms with Gasteiger partial charge in [0.15, 0.2) is 0 Å². The normalized spacial score (nSPS) is 20.7. The Morgan fingerprint density at radius 2 is 2.54 bits per heavy atom. The number of nitrogens with zero attached hydrogens (tertiary/aromatic N) is 1. The highest BCUT2D eigenvalue weighted by Crippen LogP contribution is 2.35. The Labute approximate surface area is 80.9 Å². The second kappa shape index (κ2) is 3.38. The average Bonchev–Trinajstić information content (AvgIpc) is 2.17. The summed E-state index contributed by atoms with van der Waals surface area (Å²) < 4.78 is 0. The maximum absolute atomic E-state index is 11.4. The van der Waals surface area contributed by atoms with Crippen LogP contribution < -0.4 is 5.32 Å². The van der Waals surface area contributed by atoms with Gasteiger partial charge < -0.3 is 5.32 Å². The van der Waals surface area contributed by atoms with Gasteiger partial charge in [0.1, 0.15) is 0 Å². The smallest absolute Gasteiger partial charge is 0.237 e. The van der Waals surface area contributed by atoms with E-state index in [9.17, 15) is 4.79 Å². The summed E-state index contributed by atoms with van der Waals surface area (Å²) in [6, 6.07) is 1.83. The van der Waals surface area contributed by atoms with Crippen molar-refractivity contribution in [3.05, 3.63) is 18.5 Å². The zero-order valence-electron chi connectivity index (χ0n) is 7.28. The van der Waals surface area contributed by atoms with Crippen LogP contribution in [0.15, 0.2) is 23.4 Å². The summed E-state index contributed by atoms with van der Waals surface area (Å²) in [7, 11) is 0. The topological polar surface area (TPSA) is 42.0 Å². The molecule has 0 bridgehead atoms. The van der Waals surface area contributed by atoms with Crippen LogP contribution in [0.3, 0.4) is 0 Å². The minimum absolute atomic E-state index is 0.0386. The molecule has 0 aromatic carbocycles. The van der Waals surface area contributed by atoms with Crippen LogP contribution in [0.2, 0.25) is 0 Å². The second-order valence-electron chi connectivity index (χ2n) is 2.88. The van der Waals surface area contributed by atoms with Crippen molar-refractivity contribution in [1.82, 2.24) is 4.98 Å². The van der Waals surface area contributed by atoms with Crippen LogP contribution >= 0.6 is 11.8 Å². The van der Waals surface area contributed by atoms with Crippen molar-refractivity contribution < 1.29 is 4.79 Å². The first-order valence-corrected chi connectivity index (χ1v) is 5.10. The molecule has 1 amide bonds. The molecule has 0 aliphatic carbocycles. The number of rotatable bonds is 1. The number of fused-ring (bicyclic) bond motifs is 1. The molecule has 1 atom stereocenters. The van der Waals surface area contributed by atoms with E-state index in [4.69, 9.17) is 0 Å². The molecule has 4 heteroatoms. The number of nitrogens with one attached hydrogen (secondary N) is 1.